The summed E-state index contributed by atoms with van der Waals surface area (Å²) in [7, 11) is 1.93. The number of aryl methyl sites for hydroxylation is 2. The molecule has 0 radical (unpaired) electrons. The molecular formula is C14H21N3S. The summed E-state index contributed by atoms with van der Waals surface area (Å²) in [4.78, 5) is 11.8. The number of nitrogens with zero attached hydrogens (tertiary/aromatic N) is 2. The van der Waals surface area contributed by atoms with Gasteiger partial charge in [0.1, 0.15) is 16.5 Å². The lowest BCUT2D eigenvalue weighted by molar-refractivity contribution is 0.401. The van der Waals surface area contributed by atoms with E-state index in [-0.39, 0.29) is 5.41 Å². The van der Waals surface area contributed by atoms with Gasteiger partial charge in [0.15, 0.2) is 0 Å². The van der Waals surface area contributed by atoms with Crippen molar-refractivity contribution >= 4 is 27.4 Å². The van der Waals surface area contributed by atoms with Crippen molar-refractivity contribution in [3.8, 4) is 0 Å². The lowest BCUT2D eigenvalue weighted by Gasteiger charge is -2.17. The van der Waals surface area contributed by atoms with Crippen molar-refractivity contribution in [2.45, 2.75) is 41.0 Å². The fourth-order valence-electron chi connectivity index (χ4n) is 2.03. The first-order chi connectivity index (χ1) is 8.31. The van der Waals surface area contributed by atoms with Crippen LogP contribution in [0.3, 0.4) is 0 Å². The number of aromatic nitrogens is 2. The third kappa shape index (κ3) is 2.48. The molecule has 18 heavy (non-hydrogen) atoms. The van der Waals surface area contributed by atoms with E-state index in [0.717, 1.165) is 22.9 Å². The highest BCUT2D eigenvalue weighted by atomic mass is 32.1. The first kappa shape index (κ1) is 13.3. The van der Waals surface area contributed by atoms with Crippen LogP contribution in [0.4, 0.5) is 5.82 Å². The van der Waals surface area contributed by atoms with Gasteiger partial charge in [-0.05, 0) is 24.8 Å². The molecule has 0 spiro atoms. The van der Waals surface area contributed by atoms with E-state index < -0.39 is 0 Å². The third-order valence-corrected chi connectivity index (χ3v) is 4.10. The summed E-state index contributed by atoms with van der Waals surface area (Å²) in [6.45, 7) is 10.9. The molecule has 0 unspecified atom stereocenters. The Bertz CT molecular complexity index is 579. The molecule has 0 amide bonds. The maximum absolute atomic E-state index is 4.72. The molecule has 0 aliphatic carbocycles. The molecule has 0 atom stereocenters. The highest BCUT2D eigenvalue weighted by molar-refractivity contribution is 7.18. The number of rotatable bonds is 2. The Morgan fingerprint density at radius 1 is 1.17 bits per heavy atom. The van der Waals surface area contributed by atoms with Gasteiger partial charge in [0, 0.05) is 18.3 Å². The molecule has 2 heterocycles. The maximum Gasteiger partial charge on any atom is 0.138 e. The topological polar surface area (TPSA) is 37.8 Å². The highest BCUT2D eigenvalue weighted by Crippen LogP contribution is 2.33. The third-order valence-electron chi connectivity index (χ3n) is 3.00. The molecule has 0 fully saturated rings. The zero-order valence-electron chi connectivity index (χ0n) is 12.0. The molecule has 1 N–H and O–H groups in total. The number of hydrogen-bond donors (Lipinski definition) is 1. The lowest BCUT2D eigenvalue weighted by Crippen LogP contribution is -2.12. The predicted octanol–water partition coefficient (Wildman–Crippen LogP) is 3.94. The second kappa shape index (κ2) is 4.50. The van der Waals surface area contributed by atoms with Crippen molar-refractivity contribution in [1.82, 2.24) is 9.97 Å². The zero-order valence-corrected chi connectivity index (χ0v) is 12.8. The molecular weight excluding hydrogens is 242 g/mol. The van der Waals surface area contributed by atoms with Gasteiger partial charge in [-0.2, -0.15) is 0 Å². The van der Waals surface area contributed by atoms with E-state index in [9.17, 15) is 0 Å². The SMILES string of the molecule is CNc1nc(CC(C)(C)C)nc2sc(C)c(C)c12. The predicted molar refractivity (Wildman–Crippen MR) is 79.6 cm³/mol. The van der Waals surface area contributed by atoms with Gasteiger partial charge < -0.3 is 5.32 Å². The van der Waals surface area contributed by atoms with Gasteiger partial charge in [-0.15, -0.1) is 11.3 Å². The normalized spacial score (nSPS) is 12.1. The van der Waals surface area contributed by atoms with Gasteiger partial charge in [0.2, 0.25) is 0 Å². The molecule has 98 valence electrons. The Labute approximate surface area is 113 Å². The Morgan fingerprint density at radius 3 is 2.39 bits per heavy atom. The number of anilines is 1. The molecule has 2 rings (SSSR count). The van der Waals surface area contributed by atoms with Gasteiger partial charge >= 0.3 is 0 Å². The smallest absolute Gasteiger partial charge is 0.138 e. The molecule has 0 aromatic carbocycles. The molecule has 0 saturated carbocycles. The van der Waals surface area contributed by atoms with Crippen LogP contribution < -0.4 is 5.32 Å². The van der Waals surface area contributed by atoms with Crippen molar-refractivity contribution in [2.24, 2.45) is 5.41 Å². The Kier molecular flexibility index (Phi) is 3.32. The molecule has 3 nitrogen and oxygen atoms in total. The summed E-state index contributed by atoms with van der Waals surface area (Å²) in [6, 6.07) is 0. The van der Waals surface area contributed by atoms with Crippen LogP contribution in [0.25, 0.3) is 10.2 Å². The van der Waals surface area contributed by atoms with Crippen molar-refractivity contribution in [2.75, 3.05) is 12.4 Å². The van der Waals surface area contributed by atoms with Gasteiger partial charge in [-0.1, -0.05) is 20.8 Å². The average Bonchev–Trinajstić information content (AvgIpc) is 2.51. The number of hydrogen-bond acceptors (Lipinski definition) is 4. The minimum atomic E-state index is 0.208. The van der Waals surface area contributed by atoms with E-state index in [1.165, 1.54) is 15.8 Å². The summed E-state index contributed by atoms with van der Waals surface area (Å²) in [5.41, 5.74) is 1.50. The summed E-state index contributed by atoms with van der Waals surface area (Å²) in [5.74, 6) is 1.89. The monoisotopic (exact) mass is 263 g/mol. The molecule has 4 heteroatoms. The van der Waals surface area contributed by atoms with Crippen LogP contribution in [0.2, 0.25) is 0 Å². The minimum absolute atomic E-state index is 0.208. The summed E-state index contributed by atoms with van der Waals surface area (Å²) < 4.78 is 0. The maximum atomic E-state index is 4.72. The van der Waals surface area contributed by atoms with E-state index >= 15 is 0 Å². The van der Waals surface area contributed by atoms with Crippen LogP contribution in [0, 0.1) is 19.3 Å². The Balaban J connectivity index is 2.60. The van der Waals surface area contributed by atoms with E-state index in [1.54, 1.807) is 11.3 Å². The van der Waals surface area contributed by atoms with Crippen LogP contribution in [-0.4, -0.2) is 17.0 Å². The fourth-order valence-corrected chi connectivity index (χ4v) is 3.08. The zero-order chi connectivity index (χ0) is 13.5. The summed E-state index contributed by atoms with van der Waals surface area (Å²) in [5, 5.41) is 4.38. The average molecular weight is 263 g/mol. The molecule has 0 aliphatic heterocycles. The van der Waals surface area contributed by atoms with Gasteiger partial charge in [0.05, 0.1) is 5.39 Å². The standard InChI is InChI=1S/C14H21N3S/c1-8-9(2)18-13-11(8)12(15-6)16-10(17-13)7-14(3,4)5/h7H2,1-6H3,(H,15,16,17). The molecule has 2 aromatic heterocycles. The number of thiophene rings is 1. The fraction of sp³-hybridized carbons (Fsp3) is 0.571. The van der Waals surface area contributed by atoms with E-state index in [4.69, 9.17) is 4.98 Å². The lowest BCUT2D eigenvalue weighted by atomic mass is 9.92. The van der Waals surface area contributed by atoms with Crippen molar-refractivity contribution in [3.05, 3.63) is 16.3 Å². The van der Waals surface area contributed by atoms with E-state index in [2.05, 4.69) is 44.9 Å². The molecule has 0 saturated heterocycles. The van der Waals surface area contributed by atoms with E-state index in [0.29, 0.717) is 0 Å². The van der Waals surface area contributed by atoms with Crippen molar-refractivity contribution < 1.29 is 0 Å². The van der Waals surface area contributed by atoms with Crippen LogP contribution in [-0.2, 0) is 6.42 Å². The highest BCUT2D eigenvalue weighted by Gasteiger charge is 2.18. The second-order valence-electron chi connectivity index (χ2n) is 5.94. The van der Waals surface area contributed by atoms with Crippen LogP contribution in [0.5, 0.6) is 0 Å². The van der Waals surface area contributed by atoms with Gasteiger partial charge in [-0.25, -0.2) is 9.97 Å². The largest absolute Gasteiger partial charge is 0.372 e. The number of fused-ring (bicyclic) bond motifs is 1. The van der Waals surface area contributed by atoms with Crippen molar-refractivity contribution in [1.29, 1.82) is 0 Å². The first-order valence-electron chi connectivity index (χ1n) is 6.26. The number of nitrogens with one attached hydrogen (secondary N) is 1. The minimum Gasteiger partial charge on any atom is -0.372 e. The van der Waals surface area contributed by atoms with Gasteiger partial charge in [0.25, 0.3) is 0 Å². The summed E-state index contributed by atoms with van der Waals surface area (Å²) in [6.07, 6.45) is 0.896. The molecule has 0 bridgehead atoms. The van der Waals surface area contributed by atoms with E-state index in [1.807, 2.05) is 7.05 Å². The molecule has 0 aliphatic rings. The van der Waals surface area contributed by atoms with Gasteiger partial charge in [-0.3, -0.25) is 0 Å². The van der Waals surface area contributed by atoms with Crippen LogP contribution >= 0.6 is 11.3 Å². The van der Waals surface area contributed by atoms with Crippen LogP contribution in [0.1, 0.15) is 37.0 Å². The summed E-state index contributed by atoms with van der Waals surface area (Å²) >= 11 is 1.76. The van der Waals surface area contributed by atoms with Crippen molar-refractivity contribution in [3.63, 3.8) is 0 Å². The Morgan fingerprint density at radius 2 is 1.83 bits per heavy atom. The first-order valence-corrected chi connectivity index (χ1v) is 7.08. The van der Waals surface area contributed by atoms with Crippen LogP contribution in [0.15, 0.2) is 0 Å². The quantitative estimate of drug-likeness (QED) is 0.892. The molecule has 2 aromatic rings. The second-order valence-corrected chi connectivity index (χ2v) is 7.14. The Hall–Kier alpha value is -1.16.